The maximum atomic E-state index is 13.9. The molecular weight excluding hydrogens is 423 g/mol. The Labute approximate surface area is 192 Å². The molecule has 0 aliphatic carbocycles. The summed E-state index contributed by atoms with van der Waals surface area (Å²) in [6, 6.07) is 10.1. The van der Waals surface area contributed by atoms with Crippen molar-refractivity contribution < 1.29 is 13.9 Å². The normalized spacial score (nSPS) is 16.5. The monoisotopic (exact) mass is 450 g/mol. The predicted molar refractivity (Wildman–Crippen MR) is 122 cm³/mol. The van der Waals surface area contributed by atoms with Crippen LogP contribution >= 0.6 is 0 Å². The molecule has 1 amide bonds. The first-order chi connectivity index (χ1) is 15.7. The van der Waals surface area contributed by atoms with Crippen LogP contribution in [0.1, 0.15) is 44.9 Å². The number of pyridine rings is 1. The van der Waals surface area contributed by atoms with Gasteiger partial charge >= 0.3 is 6.09 Å². The van der Waals surface area contributed by atoms with Gasteiger partial charge in [-0.25, -0.2) is 14.2 Å². The van der Waals surface area contributed by atoms with Gasteiger partial charge in [0.15, 0.2) is 0 Å². The lowest BCUT2D eigenvalue weighted by Gasteiger charge is -2.34. The molecule has 1 fully saturated rings. The van der Waals surface area contributed by atoms with Gasteiger partial charge in [0, 0.05) is 31.4 Å². The number of nitriles is 1. The number of amides is 1. The van der Waals surface area contributed by atoms with Crippen LogP contribution in [0.2, 0.25) is 0 Å². The quantitative estimate of drug-likeness (QED) is 0.646. The Hall–Kier alpha value is -3.67. The highest BCUT2D eigenvalue weighted by atomic mass is 19.1. The van der Waals surface area contributed by atoms with E-state index >= 15 is 0 Å². The van der Waals surface area contributed by atoms with Crippen LogP contribution in [0.15, 0.2) is 36.5 Å². The number of benzene rings is 1. The summed E-state index contributed by atoms with van der Waals surface area (Å²) in [5.74, 6) is 0.343. The van der Waals surface area contributed by atoms with E-state index in [9.17, 15) is 9.18 Å². The molecule has 1 aromatic carbocycles. The average molecular weight is 451 g/mol. The minimum Gasteiger partial charge on any atom is -0.444 e. The van der Waals surface area contributed by atoms with Crippen LogP contribution in [-0.4, -0.2) is 45.4 Å². The number of hydrogen-bond acceptors (Lipinski definition) is 6. The van der Waals surface area contributed by atoms with Gasteiger partial charge in [0.25, 0.3) is 0 Å². The van der Waals surface area contributed by atoms with Gasteiger partial charge in [0.2, 0.25) is 5.95 Å². The Kier molecular flexibility index (Phi) is 6.18. The van der Waals surface area contributed by atoms with E-state index in [2.05, 4.69) is 21.3 Å². The van der Waals surface area contributed by atoms with Gasteiger partial charge in [-0.15, -0.1) is 0 Å². The van der Waals surface area contributed by atoms with Crippen molar-refractivity contribution in [2.45, 2.75) is 51.8 Å². The van der Waals surface area contributed by atoms with Crippen molar-refractivity contribution in [2.24, 2.45) is 0 Å². The third kappa shape index (κ3) is 5.40. The molecule has 3 heterocycles. The number of hydrogen-bond donors (Lipinski definition) is 1. The summed E-state index contributed by atoms with van der Waals surface area (Å²) in [5.41, 5.74) is 2.04. The van der Waals surface area contributed by atoms with Crippen molar-refractivity contribution >= 4 is 23.1 Å². The van der Waals surface area contributed by atoms with Crippen molar-refractivity contribution in [3.05, 3.63) is 53.6 Å². The molecule has 1 aliphatic heterocycles. The number of imidazole rings is 1. The molecule has 4 rings (SSSR count). The van der Waals surface area contributed by atoms with E-state index in [1.165, 1.54) is 18.3 Å². The number of ether oxygens (including phenoxy) is 1. The number of alkyl carbamates (subject to hydrolysis) is 1. The standard InChI is InChI=1S/C24H27FN6O2/c1-24(2,3)33-23(32)28-19-5-4-10-30(14-19)22-29-20-11-17(25)7-9-21(20)31(22)15-18-8-6-16(12-26)13-27-18/h6-9,11,13,19H,4-5,10,14-15H2,1-3H3,(H,28,32)/t19-/m0/s1. The summed E-state index contributed by atoms with van der Waals surface area (Å²) in [4.78, 5) is 23.5. The average Bonchev–Trinajstić information content (AvgIpc) is 3.10. The SMILES string of the molecule is CC(C)(C)OC(=O)N[C@H]1CCCN(c2nc3cc(F)ccc3n2Cc2ccc(C#N)cn2)C1. The summed E-state index contributed by atoms with van der Waals surface area (Å²) in [5, 5.41) is 12.0. The topological polar surface area (TPSA) is 96.1 Å². The molecule has 0 bridgehead atoms. The van der Waals surface area contributed by atoms with Crippen LogP contribution in [0.3, 0.4) is 0 Å². The maximum Gasteiger partial charge on any atom is 0.407 e. The van der Waals surface area contributed by atoms with Gasteiger partial charge in [-0.2, -0.15) is 5.26 Å². The highest BCUT2D eigenvalue weighted by Gasteiger charge is 2.27. The maximum absolute atomic E-state index is 13.9. The van der Waals surface area contributed by atoms with E-state index in [-0.39, 0.29) is 11.9 Å². The number of carbonyl (C=O) groups excluding carboxylic acids is 1. The Morgan fingerprint density at radius 3 is 2.85 bits per heavy atom. The molecule has 33 heavy (non-hydrogen) atoms. The molecule has 0 unspecified atom stereocenters. The second-order valence-corrected chi connectivity index (χ2v) is 9.21. The summed E-state index contributed by atoms with van der Waals surface area (Å²) in [6.07, 6.45) is 2.80. The van der Waals surface area contributed by atoms with Gasteiger partial charge in [0.1, 0.15) is 17.5 Å². The Morgan fingerprint density at radius 2 is 2.15 bits per heavy atom. The molecule has 8 nitrogen and oxygen atoms in total. The van der Waals surface area contributed by atoms with Crippen LogP contribution in [0.25, 0.3) is 11.0 Å². The number of piperidine rings is 1. The lowest BCUT2D eigenvalue weighted by Crippen LogP contribution is -2.49. The smallest absolute Gasteiger partial charge is 0.407 e. The van der Waals surface area contributed by atoms with E-state index in [0.717, 1.165) is 30.6 Å². The predicted octanol–water partition coefficient (Wildman–Crippen LogP) is 3.98. The zero-order valence-corrected chi connectivity index (χ0v) is 19.0. The number of carbonyl (C=O) groups is 1. The summed E-state index contributed by atoms with van der Waals surface area (Å²) < 4.78 is 21.3. The number of rotatable bonds is 4. The molecule has 2 aromatic heterocycles. The Morgan fingerprint density at radius 1 is 1.33 bits per heavy atom. The molecule has 0 radical (unpaired) electrons. The minimum absolute atomic E-state index is 0.0911. The lowest BCUT2D eigenvalue weighted by molar-refractivity contribution is 0.0500. The van der Waals surface area contributed by atoms with Crippen LogP contribution in [0.4, 0.5) is 15.1 Å². The first-order valence-electron chi connectivity index (χ1n) is 11.0. The highest BCUT2D eigenvalue weighted by molar-refractivity contribution is 5.79. The van der Waals surface area contributed by atoms with E-state index in [1.54, 1.807) is 18.2 Å². The molecule has 1 atom stereocenters. The van der Waals surface area contributed by atoms with E-state index in [0.29, 0.717) is 30.1 Å². The molecule has 0 spiro atoms. The number of nitrogens with one attached hydrogen (secondary N) is 1. The van der Waals surface area contributed by atoms with Crippen molar-refractivity contribution in [1.29, 1.82) is 5.26 Å². The third-order valence-corrected chi connectivity index (χ3v) is 5.39. The highest BCUT2D eigenvalue weighted by Crippen LogP contribution is 2.27. The van der Waals surface area contributed by atoms with E-state index in [1.807, 2.05) is 25.3 Å². The largest absolute Gasteiger partial charge is 0.444 e. The van der Waals surface area contributed by atoms with E-state index in [4.69, 9.17) is 15.0 Å². The number of nitrogens with zero attached hydrogens (tertiary/aromatic N) is 5. The molecule has 3 aromatic rings. The molecule has 1 N–H and O–H groups in total. The molecule has 0 saturated carbocycles. The van der Waals surface area contributed by atoms with Crippen LogP contribution in [-0.2, 0) is 11.3 Å². The summed E-state index contributed by atoms with van der Waals surface area (Å²) in [6.45, 7) is 7.24. The lowest BCUT2D eigenvalue weighted by atomic mass is 10.1. The second-order valence-electron chi connectivity index (χ2n) is 9.21. The summed E-state index contributed by atoms with van der Waals surface area (Å²) in [7, 11) is 0. The number of anilines is 1. The zero-order chi connectivity index (χ0) is 23.6. The van der Waals surface area contributed by atoms with Gasteiger partial charge in [0.05, 0.1) is 28.8 Å². The molecule has 172 valence electrons. The number of aromatic nitrogens is 3. The van der Waals surface area contributed by atoms with Gasteiger partial charge in [-0.05, 0) is 57.9 Å². The Balaban J connectivity index is 1.61. The van der Waals surface area contributed by atoms with Crippen LogP contribution in [0, 0.1) is 17.1 Å². The van der Waals surface area contributed by atoms with Gasteiger partial charge in [-0.1, -0.05) is 0 Å². The fourth-order valence-electron chi connectivity index (χ4n) is 3.98. The minimum atomic E-state index is -0.565. The third-order valence-electron chi connectivity index (χ3n) is 5.39. The molecule has 1 saturated heterocycles. The van der Waals surface area contributed by atoms with E-state index < -0.39 is 11.7 Å². The molecule has 1 aliphatic rings. The molecular formula is C24H27FN6O2. The summed E-state index contributed by atoms with van der Waals surface area (Å²) >= 11 is 0. The first kappa shape index (κ1) is 22.5. The molecule has 9 heteroatoms. The number of fused-ring (bicyclic) bond motifs is 1. The van der Waals surface area contributed by atoms with Gasteiger partial charge < -0.3 is 19.5 Å². The fourth-order valence-corrected chi connectivity index (χ4v) is 3.98. The van der Waals surface area contributed by atoms with Crippen molar-refractivity contribution in [3.63, 3.8) is 0 Å². The number of halogens is 1. The van der Waals surface area contributed by atoms with Crippen molar-refractivity contribution in [3.8, 4) is 6.07 Å². The Bertz CT molecular complexity index is 1190. The first-order valence-corrected chi connectivity index (χ1v) is 11.0. The van der Waals surface area contributed by atoms with Crippen molar-refractivity contribution in [1.82, 2.24) is 19.9 Å². The van der Waals surface area contributed by atoms with Crippen LogP contribution < -0.4 is 10.2 Å². The van der Waals surface area contributed by atoms with Gasteiger partial charge in [-0.3, -0.25) is 4.98 Å². The van der Waals surface area contributed by atoms with Crippen molar-refractivity contribution in [2.75, 3.05) is 18.0 Å². The fraction of sp³-hybridized carbons (Fsp3) is 0.417. The van der Waals surface area contributed by atoms with Crippen LogP contribution in [0.5, 0.6) is 0 Å². The zero-order valence-electron chi connectivity index (χ0n) is 19.0. The second kappa shape index (κ2) is 9.06.